The number of allylic oxidation sites excluding steroid dienone is 2. The number of Topliss-reactive ketones (excluding diaryl/α,β-unsaturated/α-hetero) is 1. The predicted molar refractivity (Wildman–Crippen MR) is 117 cm³/mol. The van der Waals surface area contributed by atoms with Crippen LogP contribution < -0.4 is 4.74 Å². The minimum Gasteiger partial charge on any atom is -0.497 e. The van der Waals surface area contributed by atoms with Gasteiger partial charge in [0.2, 0.25) is 0 Å². The molecule has 2 heterocycles. The summed E-state index contributed by atoms with van der Waals surface area (Å²) in [4.78, 5) is 35.5. The van der Waals surface area contributed by atoms with Gasteiger partial charge in [-0.1, -0.05) is 18.2 Å². The zero-order valence-corrected chi connectivity index (χ0v) is 18.0. The Kier molecular flexibility index (Phi) is 5.98. The maximum atomic E-state index is 13.4. The molecule has 160 valence electrons. The van der Waals surface area contributed by atoms with Crippen LogP contribution in [0.4, 0.5) is 0 Å². The van der Waals surface area contributed by atoms with Crippen molar-refractivity contribution in [3.05, 3.63) is 71.2 Å². The minimum atomic E-state index is -0.643. The van der Waals surface area contributed by atoms with Gasteiger partial charge in [-0.2, -0.15) is 0 Å². The summed E-state index contributed by atoms with van der Waals surface area (Å²) in [5.74, 6) is -0.645. The van der Waals surface area contributed by atoms with Crippen LogP contribution in [0.1, 0.15) is 49.8 Å². The highest BCUT2D eigenvalue weighted by Crippen LogP contribution is 2.46. The molecule has 1 unspecified atom stereocenters. The van der Waals surface area contributed by atoms with E-state index in [1.54, 1.807) is 20.2 Å². The first-order chi connectivity index (χ1) is 15.0. The van der Waals surface area contributed by atoms with Gasteiger partial charge in [0.1, 0.15) is 11.7 Å². The fraction of sp³-hybridized carbons (Fsp3) is 0.360. The van der Waals surface area contributed by atoms with Crippen LogP contribution in [-0.4, -0.2) is 36.2 Å². The van der Waals surface area contributed by atoms with E-state index < -0.39 is 11.8 Å². The maximum absolute atomic E-state index is 13.4. The Hall–Kier alpha value is -3.28. The van der Waals surface area contributed by atoms with Gasteiger partial charge in [0.05, 0.1) is 19.6 Å². The SMILES string of the molecule is CCOC(=O)C1C(C)=NC2=C(C(=O)C[C@@H](c3ccc(OC)cc3)C2)[C@@H]1c1ccccn1. The van der Waals surface area contributed by atoms with Crippen LogP contribution in [-0.2, 0) is 14.3 Å². The van der Waals surface area contributed by atoms with Crippen LogP contribution in [0.25, 0.3) is 0 Å². The predicted octanol–water partition coefficient (Wildman–Crippen LogP) is 4.23. The van der Waals surface area contributed by atoms with Crippen molar-refractivity contribution in [2.45, 2.75) is 38.5 Å². The maximum Gasteiger partial charge on any atom is 0.315 e. The number of aromatic nitrogens is 1. The summed E-state index contributed by atoms with van der Waals surface area (Å²) in [6, 6.07) is 13.4. The molecule has 31 heavy (non-hydrogen) atoms. The molecule has 0 saturated carbocycles. The van der Waals surface area contributed by atoms with Gasteiger partial charge in [-0.25, -0.2) is 0 Å². The monoisotopic (exact) mass is 418 g/mol. The van der Waals surface area contributed by atoms with E-state index in [0.717, 1.165) is 17.0 Å². The van der Waals surface area contributed by atoms with Gasteiger partial charge in [-0.3, -0.25) is 19.6 Å². The molecule has 1 aliphatic carbocycles. The molecular formula is C25H26N2O4. The van der Waals surface area contributed by atoms with Crippen LogP contribution in [0.5, 0.6) is 5.75 Å². The molecule has 4 rings (SSSR count). The summed E-state index contributed by atoms with van der Waals surface area (Å²) in [5, 5.41) is 0. The summed E-state index contributed by atoms with van der Waals surface area (Å²) >= 11 is 0. The molecule has 0 saturated heterocycles. The quantitative estimate of drug-likeness (QED) is 0.679. The number of pyridine rings is 1. The van der Waals surface area contributed by atoms with Crippen molar-refractivity contribution in [3.8, 4) is 5.75 Å². The topological polar surface area (TPSA) is 77.8 Å². The van der Waals surface area contributed by atoms with Gasteiger partial charge in [0.15, 0.2) is 5.78 Å². The number of hydrogen-bond acceptors (Lipinski definition) is 6. The van der Waals surface area contributed by atoms with Gasteiger partial charge in [-0.15, -0.1) is 0 Å². The first-order valence-electron chi connectivity index (χ1n) is 10.6. The molecule has 2 aromatic rings. The molecule has 2 aliphatic rings. The number of carbonyl (C=O) groups is 2. The van der Waals surface area contributed by atoms with Gasteiger partial charge >= 0.3 is 5.97 Å². The van der Waals surface area contributed by atoms with E-state index in [1.807, 2.05) is 49.4 Å². The Morgan fingerprint density at radius 3 is 2.55 bits per heavy atom. The van der Waals surface area contributed by atoms with Crippen molar-refractivity contribution >= 4 is 17.5 Å². The van der Waals surface area contributed by atoms with E-state index in [2.05, 4.69) is 4.98 Å². The second-order valence-corrected chi connectivity index (χ2v) is 7.88. The molecule has 0 N–H and O–H groups in total. The molecule has 1 aromatic carbocycles. The molecule has 1 aliphatic heterocycles. The number of benzene rings is 1. The number of rotatable bonds is 5. The number of ether oxygens (including phenoxy) is 2. The summed E-state index contributed by atoms with van der Waals surface area (Å²) in [5.41, 5.74) is 3.79. The Labute approximate surface area is 182 Å². The highest BCUT2D eigenvalue weighted by atomic mass is 16.5. The summed E-state index contributed by atoms with van der Waals surface area (Å²) in [7, 11) is 1.63. The number of ketones is 1. The zero-order valence-electron chi connectivity index (χ0n) is 18.0. The molecule has 0 radical (unpaired) electrons. The number of carbonyl (C=O) groups excluding carboxylic acids is 2. The van der Waals surface area contributed by atoms with Crippen molar-refractivity contribution in [2.24, 2.45) is 10.9 Å². The minimum absolute atomic E-state index is 0.0169. The van der Waals surface area contributed by atoms with E-state index in [-0.39, 0.29) is 24.3 Å². The molecular weight excluding hydrogens is 392 g/mol. The summed E-state index contributed by atoms with van der Waals surface area (Å²) in [6.45, 7) is 3.89. The van der Waals surface area contributed by atoms with Crippen LogP contribution in [0.2, 0.25) is 0 Å². The summed E-state index contributed by atoms with van der Waals surface area (Å²) < 4.78 is 10.6. The number of nitrogens with zero attached hydrogens (tertiary/aromatic N) is 2. The summed E-state index contributed by atoms with van der Waals surface area (Å²) in [6.07, 6.45) is 2.70. The second-order valence-electron chi connectivity index (χ2n) is 7.88. The third-order valence-electron chi connectivity index (χ3n) is 6.02. The Bertz CT molecular complexity index is 1040. The van der Waals surface area contributed by atoms with Crippen LogP contribution >= 0.6 is 0 Å². The lowest BCUT2D eigenvalue weighted by Gasteiger charge is -2.36. The smallest absolute Gasteiger partial charge is 0.315 e. The third kappa shape index (κ3) is 4.02. The molecule has 0 bridgehead atoms. The average molecular weight is 418 g/mol. The van der Waals surface area contributed by atoms with Gasteiger partial charge in [0, 0.05) is 35.3 Å². The average Bonchev–Trinajstić information content (AvgIpc) is 2.78. The lowest BCUT2D eigenvalue weighted by atomic mass is 9.70. The fourth-order valence-corrected chi connectivity index (χ4v) is 4.59. The van der Waals surface area contributed by atoms with Crippen molar-refractivity contribution in [1.82, 2.24) is 4.98 Å². The van der Waals surface area contributed by atoms with E-state index in [0.29, 0.717) is 29.8 Å². The highest BCUT2D eigenvalue weighted by molar-refractivity contribution is 6.09. The zero-order chi connectivity index (χ0) is 22.0. The number of esters is 1. The van der Waals surface area contributed by atoms with E-state index >= 15 is 0 Å². The standard InChI is InChI=1S/C25H26N2O4/c1-4-31-25(29)22-15(2)27-20-13-17(16-8-10-18(30-3)11-9-16)14-21(28)23(20)24(22)19-7-5-6-12-26-19/h5-12,17,22,24H,4,13-14H2,1-3H3/t17-,22?,24+/m0/s1. The molecule has 6 nitrogen and oxygen atoms in total. The molecule has 0 fully saturated rings. The Morgan fingerprint density at radius 1 is 1.13 bits per heavy atom. The van der Waals surface area contributed by atoms with E-state index in [9.17, 15) is 9.59 Å². The molecule has 0 amide bonds. The highest BCUT2D eigenvalue weighted by Gasteiger charge is 2.45. The molecule has 3 atom stereocenters. The molecule has 1 aromatic heterocycles. The van der Waals surface area contributed by atoms with Crippen molar-refractivity contribution in [1.29, 1.82) is 0 Å². The lowest BCUT2D eigenvalue weighted by Crippen LogP contribution is -2.38. The van der Waals surface area contributed by atoms with Crippen LogP contribution in [0, 0.1) is 5.92 Å². The van der Waals surface area contributed by atoms with Crippen molar-refractivity contribution in [2.75, 3.05) is 13.7 Å². The van der Waals surface area contributed by atoms with E-state index in [1.165, 1.54) is 0 Å². The van der Waals surface area contributed by atoms with Crippen molar-refractivity contribution < 1.29 is 19.1 Å². The van der Waals surface area contributed by atoms with E-state index in [4.69, 9.17) is 14.5 Å². The van der Waals surface area contributed by atoms with Gasteiger partial charge < -0.3 is 9.47 Å². The number of methoxy groups -OCH3 is 1. The fourth-order valence-electron chi connectivity index (χ4n) is 4.59. The Morgan fingerprint density at radius 2 is 1.90 bits per heavy atom. The van der Waals surface area contributed by atoms with Gasteiger partial charge in [0.25, 0.3) is 0 Å². The third-order valence-corrected chi connectivity index (χ3v) is 6.02. The lowest BCUT2D eigenvalue weighted by molar-refractivity contribution is -0.146. The Balaban J connectivity index is 1.75. The second kappa shape index (κ2) is 8.84. The molecule has 0 spiro atoms. The van der Waals surface area contributed by atoms with Crippen molar-refractivity contribution in [3.63, 3.8) is 0 Å². The molecule has 6 heteroatoms. The normalized spacial score (nSPS) is 23.1. The largest absolute Gasteiger partial charge is 0.497 e. The van der Waals surface area contributed by atoms with Crippen LogP contribution in [0.15, 0.2) is 64.9 Å². The number of aliphatic imine (C=N–C) groups is 1. The first-order valence-corrected chi connectivity index (χ1v) is 10.6. The first kappa shape index (κ1) is 21.0. The van der Waals surface area contributed by atoms with Crippen LogP contribution in [0.3, 0.4) is 0 Å². The number of hydrogen-bond donors (Lipinski definition) is 0. The van der Waals surface area contributed by atoms with Gasteiger partial charge in [-0.05, 0) is 56.0 Å².